The Morgan fingerprint density at radius 1 is 1.04 bits per heavy atom. The lowest BCUT2D eigenvalue weighted by Crippen LogP contribution is -2.47. The van der Waals surface area contributed by atoms with Crippen molar-refractivity contribution in [2.45, 2.75) is 58.8 Å². The average Bonchev–Trinajstić information content (AvgIpc) is 3.24. The Balaban J connectivity index is 1.44. The van der Waals surface area contributed by atoms with Crippen LogP contribution in [0.4, 0.5) is 0 Å². The van der Waals surface area contributed by atoms with Crippen LogP contribution in [-0.4, -0.2) is 49.6 Å². The van der Waals surface area contributed by atoms with Gasteiger partial charge in [0.2, 0.25) is 11.8 Å². The Morgan fingerprint density at radius 3 is 2.28 bits per heavy atom. The third-order valence-corrected chi connectivity index (χ3v) is 7.62. The van der Waals surface area contributed by atoms with Crippen LogP contribution in [-0.2, 0) is 14.3 Å². The van der Waals surface area contributed by atoms with Crippen molar-refractivity contribution in [2.75, 3.05) is 32.8 Å². The first-order valence-electron chi connectivity index (χ1n) is 10.0. The molecule has 4 rings (SSSR count). The molecule has 2 heterocycles. The number of rotatable bonds is 4. The lowest BCUT2D eigenvalue weighted by Gasteiger charge is -2.40. The molecule has 2 aliphatic carbocycles. The first-order valence-corrected chi connectivity index (χ1v) is 10.0. The van der Waals surface area contributed by atoms with Crippen molar-refractivity contribution in [3.63, 3.8) is 0 Å². The van der Waals surface area contributed by atoms with E-state index in [0.29, 0.717) is 18.4 Å². The minimum absolute atomic E-state index is 0.107. The summed E-state index contributed by atoms with van der Waals surface area (Å²) in [5.41, 5.74) is -0.130. The van der Waals surface area contributed by atoms with Gasteiger partial charge in [-0.3, -0.25) is 9.59 Å². The highest BCUT2D eigenvalue weighted by Gasteiger charge is 2.54. The Hall–Kier alpha value is -1.10. The third kappa shape index (κ3) is 2.98. The van der Waals surface area contributed by atoms with E-state index < -0.39 is 0 Å². The van der Waals surface area contributed by atoms with Crippen molar-refractivity contribution >= 4 is 11.8 Å². The number of hydrogen-bond acceptors (Lipinski definition) is 3. The molecule has 25 heavy (non-hydrogen) atoms. The van der Waals surface area contributed by atoms with Gasteiger partial charge in [-0.2, -0.15) is 0 Å². The van der Waals surface area contributed by atoms with Crippen molar-refractivity contribution in [2.24, 2.45) is 22.2 Å². The first kappa shape index (κ1) is 17.3. The molecule has 0 aromatic rings. The normalized spacial score (nSPS) is 31.4. The molecular formula is C20H32N2O3. The number of nitrogens with one attached hydrogen (secondary N) is 1. The zero-order valence-corrected chi connectivity index (χ0v) is 15.7. The molecule has 1 atom stereocenters. The SMILES string of the molecule is CC1(C(=O)NCC2CN(C(=O)C3(C)CC3)CC23CCOCC3)CCC1. The predicted molar refractivity (Wildman–Crippen MR) is 94.9 cm³/mol. The van der Waals surface area contributed by atoms with Crippen LogP contribution in [0.2, 0.25) is 0 Å². The second kappa shape index (κ2) is 5.97. The highest BCUT2D eigenvalue weighted by molar-refractivity contribution is 5.85. The van der Waals surface area contributed by atoms with E-state index in [4.69, 9.17) is 4.74 Å². The van der Waals surface area contributed by atoms with Crippen LogP contribution in [0.3, 0.4) is 0 Å². The van der Waals surface area contributed by atoms with Crippen LogP contribution in [0.1, 0.15) is 58.8 Å². The topological polar surface area (TPSA) is 58.6 Å². The number of nitrogens with zero attached hydrogens (tertiary/aromatic N) is 1. The molecule has 0 aromatic heterocycles. The summed E-state index contributed by atoms with van der Waals surface area (Å²) >= 11 is 0. The second-order valence-corrected chi connectivity index (χ2v) is 9.54. The van der Waals surface area contributed by atoms with E-state index in [9.17, 15) is 9.59 Å². The van der Waals surface area contributed by atoms with E-state index in [1.807, 2.05) is 0 Å². The molecule has 2 amide bonds. The van der Waals surface area contributed by atoms with Crippen LogP contribution in [0.25, 0.3) is 0 Å². The van der Waals surface area contributed by atoms with Crippen molar-refractivity contribution in [1.29, 1.82) is 0 Å². The van der Waals surface area contributed by atoms with Gasteiger partial charge in [-0.05, 0) is 43.9 Å². The summed E-state index contributed by atoms with van der Waals surface area (Å²) in [6, 6.07) is 0. The van der Waals surface area contributed by atoms with Gasteiger partial charge in [0, 0.05) is 49.6 Å². The van der Waals surface area contributed by atoms with Gasteiger partial charge in [-0.15, -0.1) is 0 Å². The van der Waals surface area contributed by atoms with Gasteiger partial charge < -0.3 is 15.0 Å². The maximum Gasteiger partial charge on any atom is 0.228 e. The summed E-state index contributed by atoms with van der Waals surface area (Å²) in [6.45, 7) is 8.08. The van der Waals surface area contributed by atoms with Gasteiger partial charge in [0.15, 0.2) is 0 Å². The number of likely N-dealkylation sites (tertiary alicyclic amines) is 1. The maximum absolute atomic E-state index is 12.9. The minimum atomic E-state index is -0.154. The molecule has 1 unspecified atom stereocenters. The molecule has 2 aliphatic heterocycles. The molecule has 140 valence electrons. The van der Waals surface area contributed by atoms with Crippen molar-refractivity contribution in [3.8, 4) is 0 Å². The highest BCUT2D eigenvalue weighted by Crippen LogP contribution is 2.50. The van der Waals surface area contributed by atoms with Gasteiger partial charge in [-0.25, -0.2) is 0 Å². The number of carbonyl (C=O) groups excluding carboxylic acids is 2. The smallest absolute Gasteiger partial charge is 0.228 e. The highest BCUT2D eigenvalue weighted by atomic mass is 16.5. The van der Waals surface area contributed by atoms with Gasteiger partial charge in [0.1, 0.15) is 0 Å². The number of amides is 2. The maximum atomic E-state index is 12.9. The molecule has 2 saturated heterocycles. The fourth-order valence-corrected chi connectivity index (χ4v) is 4.96. The molecule has 0 bridgehead atoms. The Labute approximate surface area is 150 Å². The van der Waals surface area contributed by atoms with E-state index in [2.05, 4.69) is 24.1 Å². The average molecular weight is 348 g/mol. The quantitative estimate of drug-likeness (QED) is 0.848. The standard InChI is InChI=1S/C20H32N2O3/c1-18(4-3-5-18)16(23)21-12-15-13-22(17(24)19(2)6-7-19)14-20(15)8-10-25-11-9-20/h15H,3-14H2,1-2H3,(H,21,23). The van der Waals surface area contributed by atoms with Crippen LogP contribution in [0, 0.1) is 22.2 Å². The van der Waals surface area contributed by atoms with Crippen LogP contribution in [0.15, 0.2) is 0 Å². The molecular weight excluding hydrogens is 316 g/mol. The lowest BCUT2D eigenvalue weighted by atomic mass is 9.69. The van der Waals surface area contributed by atoms with E-state index in [1.165, 1.54) is 0 Å². The van der Waals surface area contributed by atoms with Gasteiger partial charge >= 0.3 is 0 Å². The summed E-state index contributed by atoms with van der Waals surface area (Å²) < 4.78 is 5.60. The molecule has 0 aromatic carbocycles. The Morgan fingerprint density at radius 2 is 1.72 bits per heavy atom. The second-order valence-electron chi connectivity index (χ2n) is 9.54. The molecule has 5 nitrogen and oxygen atoms in total. The van der Waals surface area contributed by atoms with E-state index in [-0.39, 0.29) is 22.2 Å². The number of ether oxygens (including phenoxy) is 1. The van der Waals surface area contributed by atoms with E-state index >= 15 is 0 Å². The minimum Gasteiger partial charge on any atom is -0.381 e. The summed E-state index contributed by atoms with van der Waals surface area (Å²) in [7, 11) is 0. The molecule has 5 heteroatoms. The van der Waals surface area contributed by atoms with Gasteiger partial charge in [-0.1, -0.05) is 20.3 Å². The Bertz CT molecular complexity index is 559. The summed E-state index contributed by atoms with van der Waals surface area (Å²) in [5.74, 6) is 0.897. The third-order valence-electron chi connectivity index (χ3n) is 7.62. The fraction of sp³-hybridized carbons (Fsp3) is 0.900. The molecule has 2 saturated carbocycles. The zero-order valence-electron chi connectivity index (χ0n) is 15.7. The molecule has 1 N–H and O–H groups in total. The van der Waals surface area contributed by atoms with Crippen LogP contribution in [0.5, 0.6) is 0 Å². The number of hydrogen-bond donors (Lipinski definition) is 1. The van der Waals surface area contributed by atoms with Crippen molar-refractivity contribution < 1.29 is 14.3 Å². The Kier molecular flexibility index (Phi) is 4.13. The van der Waals surface area contributed by atoms with Crippen LogP contribution >= 0.6 is 0 Å². The molecule has 1 spiro atoms. The first-order chi connectivity index (χ1) is 11.9. The molecule has 0 radical (unpaired) electrons. The van der Waals surface area contributed by atoms with Crippen LogP contribution < -0.4 is 5.32 Å². The summed E-state index contributed by atoms with van der Waals surface area (Å²) in [5, 5.41) is 3.23. The monoisotopic (exact) mass is 348 g/mol. The van der Waals surface area contributed by atoms with E-state index in [1.54, 1.807) is 0 Å². The zero-order chi connectivity index (χ0) is 17.7. The van der Waals surface area contributed by atoms with Crippen molar-refractivity contribution in [3.05, 3.63) is 0 Å². The molecule has 4 fully saturated rings. The van der Waals surface area contributed by atoms with Gasteiger partial charge in [0.05, 0.1) is 0 Å². The van der Waals surface area contributed by atoms with E-state index in [0.717, 1.165) is 71.2 Å². The van der Waals surface area contributed by atoms with Crippen molar-refractivity contribution in [1.82, 2.24) is 10.2 Å². The summed E-state index contributed by atoms with van der Waals surface area (Å²) in [4.78, 5) is 27.5. The van der Waals surface area contributed by atoms with Gasteiger partial charge in [0.25, 0.3) is 0 Å². The number of carbonyl (C=O) groups is 2. The largest absolute Gasteiger partial charge is 0.381 e. The molecule has 4 aliphatic rings. The predicted octanol–water partition coefficient (Wildman–Crippen LogP) is 2.35. The summed E-state index contributed by atoms with van der Waals surface area (Å²) in [6.07, 6.45) is 7.24. The lowest BCUT2D eigenvalue weighted by molar-refractivity contribution is -0.136. The fourth-order valence-electron chi connectivity index (χ4n) is 4.96.